The first-order valence-electron chi connectivity index (χ1n) is 2.95. The van der Waals surface area contributed by atoms with Gasteiger partial charge in [-0.3, -0.25) is 10.1 Å². The molecule has 1 fully saturated rings. The number of aliphatic hydroxyl groups is 1. The fraction of sp³-hybridized carbons (Fsp3) is 0.800. The van der Waals surface area contributed by atoms with Gasteiger partial charge in [-0.1, -0.05) is 0 Å². The fourth-order valence-electron chi connectivity index (χ4n) is 0.781. The van der Waals surface area contributed by atoms with Gasteiger partial charge in [0.15, 0.2) is 0 Å². The largest absolute Gasteiger partial charge is 0.480 e. The molecule has 0 spiro atoms. The van der Waals surface area contributed by atoms with E-state index in [1.807, 2.05) is 0 Å². The highest BCUT2D eigenvalue weighted by Crippen LogP contribution is 2.17. The van der Waals surface area contributed by atoms with Crippen LogP contribution in [0.25, 0.3) is 0 Å². The lowest BCUT2D eigenvalue weighted by Crippen LogP contribution is -2.37. The van der Waals surface area contributed by atoms with Crippen LogP contribution >= 0.6 is 11.8 Å². The molecule has 5 heteroatoms. The van der Waals surface area contributed by atoms with Gasteiger partial charge in [-0.05, 0) is 0 Å². The van der Waals surface area contributed by atoms with Gasteiger partial charge in [-0.25, -0.2) is 0 Å². The van der Waals surface area contributed by atoms with E-state index in [2.05, 4.69) is 5.32 Å². The summed E-state index contributed by atoms with van der Waals surface area (Å²) in [6, 6.07) is -0.484. The van der Waals surface area contributed by atoms with Gasteiger partial charge >= 0.3 is 5.97 Å². The molecule has 0 aromatic rings. The summed E-state index contributed by atoms with van der Waals surface area (Å²) >= 11 is 1.44. The zero-order valence-corrected chi connectivity index (χ0v) is 6.10. The summed E-state index contributed by atoms with van der Waals surface area (Å²) in [4.78, 5) is 10.3. The second-order valence-electron chi connectivity index (χ2n) is 2.06. The van der Waals surface area contributed by atoms with Crippen LogP contribution in [-0.4, -0.2) is 40.0 Å². The Kier molecular flexibility index (Phi) is 2.53. The maximum absolute atomic E-state index is 10.3. The Hall–Kier alpha value is -0.260. The Morgan fingerprint density at radius 2 is 2.50 bits per heavy atom. The third-order valence-electron chi connectivity index (χ3n) is 1.32. The Bertz CT molecular complexity index is 141. The normalized spacial score (nSPS) is 32.5. The molecule has 4 nitrogen and oxygen atoms in total. The summed E-state index contributed by atoms with van der Waals surface area (Å²) in [5, 5.41) is 19.7. The predicted molar refractivity (Wildman–Crippen MR) is 37.9 cm³/mol. The van der Waals surface area contributed by atoms with Crippen molar-refractivity contribution < 1.29 is 15.0 Å². The van der Waals surface area contributed by atoms with Gasteiger partial charge < -0.3 is 10.2 Å². The second-order valence-corrected chi connectivity index (χ2v) is 3.30. The number of aliphatic carboxylic acids is 1. The number of aliphatic hydroxyl groups excluding tert-OH is 1. The van der Waals surface area contributed by atoms with E-state index in [4.69, 9.17) is 10.2 Å². The molecule has 0 aliphatic carbocycles. The lowest BCUT2D eigenvalue weighted by molar-refractivity contribution is -0.138. The molecule has 10 heavy (non-hydrogen) atoms. The monoisotopic (exact) mass is 163 g/mol. The summed E-state index contributed by atoms with van der Waals surface area (Å²) in [5.41, 5.74) is 0. The third-order valence-corrected chi connectivity index (χ3v) is 2.53. The average Bonchev–Trinajstić information content (AvgIpc) is 2.34. The van der Waals surface area contributed by atoms with E-state index in [9.17, 15) is 4.79 Å². The number of thioether (sulfide) groups is 1. The van der Waals surface area contributed by atoms with Crippen LogP contribution in [0.2, 0.25) is 0 Å². The highest BCUT2D eigenvalue weighted by atomic mass is 32.2. The molecule has 0 radical (unpaired) electrons. The molecule has 0 amide bonds. The molecule has 1 heterocycles. The first kappa shape index (κ1) is 7.84. The van der Waals surface area contributed by atoms with Crippen LogP contribution < -0.4 is 5.32 Å². The van der Waals surface area contributed by atoms with Crippen LogP contribution in [-0.2, 0) is 4.79 Å². The van der Waals surface area contributed by atoms with Crippen molar-refractivity contribution in [3.63, 3.8) is 0 Å². The minimum absolute atomic E-state index is 0.00551. The molecular formula is C5H9NO3S. The van der Waals surface area contributed by atoms with Gasteiger partial charge in [0.05, 0.1) is 12.0 Å². The Balaban J connectivity index is 2.35. The lowest BCUT2D eigenvalue weighted by atomic mass is 10.3. The number of rotatable bonds is 2. The van der Waals surface area contributed by atoms with Gasteiger partial charge in [0.2, 0.25) is 0 Å². The summed E-state index contributed by atoms with van der Waals surface area (Å²) in [7, 11) is 0. The lowest BCUT2D eigenvalue weighted by Gasteiger charge is -2.05. The number of nitrogens with one attached hydrogen (secondary N) is 1. The molecule has 1 saturated heterocycles. The molecule has 0 saturated carbocycles. The van der Waals surface area contributed by atoms with Gasteiger partial charge in [0.1, 0.15) is 6.04 Å². The van der Waals surface area contributed by atoms with Crippen molar-refractivity contribution in [1.29, 1.82) is 0 Å². The minimum Gasteiger partial charge on any atom is -0.480 e. The van der Waals surface area contributed by atoms with E-state index < -0.39 is 12.0 Å². The molecule has 3 N–H and O–H groups in total. The summed E-state index contributed by atoms with van der Waals surface area (Å²) < 4.78 is 0. The Morgan fingerprint density at radius 3 is 2.80 bits per heavy atom. The molecular weight excluding hydrogens is 154 g/mol. The summed E-state index contributed by atoms with van der Waals surface area (Å²) in [6.45, 7) is -0.00551. The second kappa shape index (κ2) is 3.23. The maximum Gasteiger partial charge on any atom is 0.321 e. The summed E-state index contributed by atoms with van der Waals surface area (Å²) in [5.74, 6) is -0.302. The first-order chi connectivity index (χ1) is 4.74. The maximum atomic E-state index is 10.3. The smallest absolute Gasteiger partial charge is 0.321 e. The van der Waals surface area contributed by atoms with E-state index in [-0.39, 0.29) is 12.0 Å². The van der Waals surface area contributed by atoms with Gasteiger partial charge in [-0.2, -0.15) is 0 Å². The molecule has 1 aliphatic rings. The highest BCUT2D eigenvalue weighted by Gasteiger charge is 2.28. The van der Waals surface area contributed by atoms with Gasteiger partial charge in [0, 0.05) is 5.75 Å². The first-order valence-corrected chi connectivity index (χ1v) is 4.00. The fourth-order valence-corrected chi connectivity index (χ4v) is 1.81. The zero-order valence-electron chi connectivity index (χ0n) is 5.28. The van der Waals surface area contributed by atoms with Crippen LogP contribution in [0, 0.1) is 0 Å². The number of hydrogen-bond acceptors (Lipinski definition) is 4. The van der Waals surface area contributed by atoms with Crippen LogP contribution in [0.5, 0.6) is 0 Å². The molecule has 1 aliphatic heterocycles. The van der Waals surface area contributed by atoms with E-state index in [0.29, 0.717) is 5.75 Å². The standard InChI is InChI=1S/C5H9NO3S/c7-1-4-6-3(2-10-4)5(8)9/h3-4,6-7H,1-2H2,(H,8,9)/t3-,4+/m0/s1. The number of carboxylic acid groups (broad SMARTS) is 1. The van der Waals surface area contributed by atoms with Crippen molar-refractivity contribution in [3.8, 4) is 0 Å². The molecule has 2 atom stereocenters. The average molecular weight is 163 g/mol. The third kappa shape index (κ3) is 1.62. The molecule has 0 unspecified atom stereocenters. The zero-order chi connectivity index (χ0) is 7.56. The molecule has 58 valence electrons. The number of hydrogen-bond donors (Lipinski definition) is 3. The SMILES string of the molecule is O=C(O)[C@@H]1CS[C@H](CO)N1. The predicted octanol–water partition coefficient (Wildman–Crippen LogP) is -0.906. The van der Waals surface area contributed by atoms with Crippen molar-refractivity contribution >= 4 is 17.7 Å². The van der Waals surface area contributed by atoms with Gasteiger partial charge in [0.25, 0.3) is 0 Å². The molecule has 0 aromatic heterocycles. The molecule has 0 bridgehead atoms. The highest BCUT2D eigenvalue weighted by molar-refractivity contribution is 8.00. The van der Waals surface area contributed by atoms with E-state index in [0.717, 1.165) is 0 Å². The van der Waals surface area contributed by atoms with Crippen molar-refractivity contribution in [2.45, 2.75) is 11.4 Å². The van der Waals surface area contributed by atoms with Crippen LogP contribution in [0.1, 0.15) is 0 Å². The topological polar surface area (TPSA) is 69.6 Å². The molecule has 0 aromatic carbocycles. The van der Waals surface area contributed by atoms with Crippen molar-refractivity contribution in [3.05, 3.63) is 0 Å². The quantitative estimate of drug-likeness (QED) is 0.492. The van der Waals surface area contributed by atoms with Crippen molar-refractivity contribution in [1.82, 2.24) is 5.32 Å². The van der Waals surface area contributed by atoms with E-state index >= 15 is 0 Å². The van der Waals surface area contributed by atoms with Crippen LogP contribution in [0.4, 0.5) is 0 Å². The number of carboxylic acids is 1. The van der Waals surface area contributed by atoms with Crippen LogP contribution in [0.15, 0.2) is 0 Å². The number of carbonyl (C=O) groups is 1. The Morgan fingerprint density at radius 1 is 1.80 bits per heavy atom. The van der Waals surface area contributed by atoms with Crippen molar-refractivity contribution in [2.75, 3.05) is 12.4 Å². The van der Waals surface area contributed by atoms with Crippen molar-refractivity contribution in [2.24, 2.45) is 0 Å². The van der Waals surface area contributed by atoms with Gasteiger partial charge in [-0.15, -0.1) is 11.8 Å². The summed E-state index contributed by atoms with van der Waals surface area (Å²) in [6.07, 6.45) is 0. The van der Waals surface area contributed by atoms with E-state index in [1.54, 1.807) is 0 Å². The molecule has 1 rings (SSSR count). The Labute approximate surface area is 62.6 Å². The minimum atomic E-state index is -0.844. The van der Waals surface area contributed by atoms with E-state index in [1.165, 1.54) is 11.8 Å². The van der Waals surface area contributed by atoms with Crippen LogP contribution in [0.3, 0.4) is 0 Å².